The number of carbonyl (C=O) groups excluding carboxylic acids is 1. The summed E-state index contributed by atoms with van der Waals surface area (Å²) in [5.74, 6) is 0.110. The summed E-state index contributed by atoms with van der Waals surface area (Å²) in [6.45, 7) is 2.93. The van der Waals surface area contributed by atoms with Gasteiger partial charge in [-0.3, -0.25) is 4.79 Å². The highest BCUT2D eigenvalue weighted by molar-refractivity contribution is 9.10. The summed E-state index contributed by atoms with van der Waals surface area (Å²) >= 11 is 3.52. The molecule has 3 rings (SSSR count). The predicted octanol–water partition coefficient (Wildman–Crippen LogP) is 1.98. The van der Waals surface area contributed by atoms with Gasteiger partial charge in [0, 0.05) is 35.4 Å². The minimum Gasteiger partial charge on any atom is -0.378 e. The Morgan fingerprint density at radius 2 is 2.33 bits per heavy atom. The van der Waals surface area contributed by atoms with Crippen molar-refractivity contribution in [3.63, 3.8) is 0 Å². The Labute approximate surface area is 133 Å². The summed E-state index contributed by atoms with van der Waals surface area (Å²) in [6.07, 6.45) is 2.79. The van der Waals surface area contributed by atoms with Gasteiger partial charge < -0.3 is 15.4 Å². The topological polar surface area (TPSA) is 50.4 Å². The Hall–Kier alpha value is -0.910. The van der Waals surface area contributed by atoms with Crippen LogP contribution in [-0.2, 0) is 14.9 Å². The molecule has 2 aliphatic rings. The van der Waals surface area contributed by atoms with Gasteiger partial charge in [-0.25, -0.2) is 0 Å². The maximum Gasteiger partial charge on any atom is 0.221 e. The molecule has 114 valence electrons. The minimum atomic E-state index is 0.110. The largest absolute Gasteiger partial charge is 0.378 e. The Morgan fingerprint density at radius 1 is 1.48 bits per heavy atom. The summed E-state index contributed by atoms with van der Waals surface area (Å²) in [7, 11) is 0. The van der Waals surface area contributed by atoms with E-state index >= 15 is 0 Å². The second-order valence-electron chi connectivity index (χ2n) is 6.00. The highest BCUT2D eigenvalue weighted by Crippen LogP contribution is 2.48. The van der Waals surface area contributed by atoms with Gasteiger partial charge in [-0.2, -0.15) is 0 Å². The molecule has 5 heteroatoms. The number of benzene rings is 1. The van der Waals surface area contributed by atoms with Crippen LogP contribution < -0.4 is 10.6 Å². The summed E-state index contributed by atoms with van der Waals surface area (Å²) in [6, 6.07) is 8.56. The number of hydrogen-bond donors (Lipinski definition) is 2. The molecule has 0 spiro atoms. The Bertz CT molecular complexity index is 511. The monoisotopic (exact) mass is 352 g/mol. The molecule has 4 nitrogen and oxygen atoms in total. The average molecular weight is 353 g/mol. The molecular weight excluding hydrogens is 332 g/mol. The average Bonchev–Trinajstić information content (AvgIpc) is 3.28. The van der Waals surface area contributed by atoms with E-state index < -0.39 is 0 Å². The molecule has 1 aliphatic heterocycles. The number of amides is 1. The van der Waals surface area contributed by atoms with Crippen molar-refractivity contribution in [1.29, 1.82) is 0 Å². The van der Waals surface area contributed by atoms with Crippen molar-refractivity contribution < 1.29 is 9.53 Å². The standard InChI is InChI=1S/C16H21BrN2O2/c17-13-3-1-2-12(8-13)16(4-5-16)11-19-15(20)9-14-10-21-7-6-18-14/h1-3,8,14,18H,4-7,9-11H2,(H,19,20). The van der Waals surface area contributed by atoms with Gasteiger partial charge in [0.25, 0.3) is 0 Å². The smallest absolute Gasteiger partial charge is 0.221 e. The van der Waals surface area contributed by atoms with Crippen molar-refractivity contribution >= 4 is 21.8 Å². The van der Waals surface area contributed by atoms with Gasteiger partial charge in [0.15, 0.2) is 0 Å². The van der Waals surface area contributed by atoms with E-state index in [1.165, 1.54) is 5.56 Å². The summed E-state index contributed by atoms with van der Waals surface area (Å²) < 4.78 is 6.47. The quantitative estimate of drug-likeness (QED) is 0.851. The zero-order chi connectivity index (χ0) is 14.7. The number of rotatable bonds is 5. The van der Waals surface area contributed by atoms with Gasteiger partial charge in [-0.1, -0.05) is 28.1 Å². The van der Waals surface area contributed by atoms with Gasteiger partial charge in [0.05, 0.1) is 13.2 Å². The molecule has 1 aromatic rings. The van der Waals surface area contributed by atoms with Gasteiger partial charge in [0.1, 0.15) is 0 Å². The number of hydrogen-bond acceptors (Lipinski definition) is 3. The van der Waals surface area contributed by atoms with Crippen LogP contribution in [0.1, 0.15) is 24.8 Å². The van der Waals surface area contributed by atoms with Gasteiger partial charge >= 0.3 is 0 Å². The fourth-order valence-corrected chi connectivity index (χ4v) is 3.25. The number of nitrogens with one attached hydrogen (secondary N) is 2. The van der Waals surface area contributed by atoms with Crippen LogP contribution in [0.3, 0.4) is 0 Å². The maximum atomic E-state index is 12.1. The molecule has 1 amide bonds. The zero-order valence-electron chi connectivity index (χ0n) is 12.0. The number of halogens is 1. The molecule has 1 atom stereocenters. The van der Waals surface area contributed by atoms with Crippen LogP contribution in [0.2, 0.25) is 0 Å². The molecular formula is C16H21BrN2O2. The molecule has 2 N–H and O–H groups in total. The summed E-state index contributed by atoms with van der Waals surface area (Å²) in [4.78, 5) is 12.1. The third-order valence-corrected chi connectivity index (χ3v) is 4.84. The first-order valence-electron chi connectivity index (χ1n) is 7.52. The molecule has 21 heavy (non-hydrogen) atoms. The van der Waals surface area contributed by atoms with Crippen molar-refractivity contribution in [1.82, 2.24) is 10.6 Å². The molecule has 1 unspecified atom stereocenters. The van der Waals surface area contributed by atoms with Crippen LogP contribution in [-0.4, -0.2) is 38.3 Å². The van der Waals surface area contributed by atoms with Crippen molar-refractivity contribution in [2.45, 2.75) is 30.7 Å². The molecule has 0 bridgehead atoms. The lowest BCUT2D eigenvalue weighted by Crippen LogP contribution is -2.45. The van der Waals surface area contributed by atoms with E-state index in [1.807, 2.05) is 6.07 Å². The van der Waals surface area contributed by atoms with E-state index in [4.69, 9.17) is 4.74 Å². The SMILES string of the molecule is O=C(CC1COCCN1)NCC1(c2cccc(Br)c2)CC1. The third-order valence-electron chi connectivity index (χ3n) is 4.34. The van der Waals surface area contributed by atoms with Crippen LogP contribution in [0.15, 0.2) is 28.7 Å². The molecule has 1 aliphatic carbocycles. The van der Waals surface area contributed by atoms with Crippen molar-refractivity contribution in [3.8, 4) is 0 Å². The Morgan fingerprint density at radius 3 is 3.00 bits per heavy atom. The molecule has 2 fully saturated rings. The second-order valence-corrected chi connectivity index (χ2v) is 6.91. The summed E-state index contributed by atoms with van der Waals surface area (Å²) in [5.41, 5.74) is 1.46. The summed E-state index contributed by atoms with van der Waals surface area (Å²) in [5, 5.41) is 6.41. The third kappa shape index (κ3) is 3.84. The molecule has 0 radical (unpaired) electrons. The van der Waals surface area contributed by atoms with Crippen LogP contribution >= 0.6 is 15.9 Å². The van der Waals surface area contributed by atoms with Crippen LogP contribution in [0.25, 0.3) is 0 Å². The van der Waals surface area contributed by atoms with Gasteiger partial charge in [0.2, 0.25) is 5.91 Å². The number of carbonyl (C=O) groups is 1. The lowest BCUT2D eigenvalue weighted by Gasteiger charge is -2.24. The van der Waals surface area contributed by atoms with Crippen molar-refractivity contribution in [2.75, 3.05) is 26.3 Å². The zero-order valence-corrected chi connectivity index (χ0v) is 13.6. The fourth-order valence-electron chi connectivity index (χ4n) is 2.85. The van der Waals surface area contributed by atoms with E-state index in [1.54, 1.807) is 0 Å². The highest BCUT2D eigenvalue weighted by Gasteiger charge is 2.44. The van der Waals surface area contributed by atoms with E-state index in [-0.39, 0.29) is 17.4 Å². The first-order valence-corrected chi connectivity index (χ1v) is 8.31. The number of ether oxygens (including phenoxy) is 1. The second kappa shape index (κ2) is 6.46. The fraction of sp³-hybridized carbons (Fsp3) is 0.562. The van der Waals surface area contributed by atoms with Gasteiger partial charge in [-0.15, -0.1) is 0 Å². The molecule has 1 saturated heterocycles. The Kier molecular flexibility index (Phi) is 4.62. The number of morpholine rings is 1. The van der Waals surface area contributed by atoms with E-state index in [0.717, 1.165) is 37.0 Å². The maximum absolute atomic E-state index is 12.1. The highest BCUT2D eigenvalue weighted by atomic mass is 79.9. The van der Waals surface area contributed by atoms with E-state index in [9.17, 15) is 4.79 Å². The molecule has 0 aromatic heterocycles. The van der Waals surface area contributed by atoms with Crippen molar-refractivity contribution in [2.24, 2.45) is 0 Å². The molecule has 1 aromatic carbocycles. The van der Waals surface area contributed by atoms with E-state index in [2.05, 4.69) is 44.8 Å². The normalized spacial score (nSPS) is 23.6. The minimum absolute atomic E-state index is 0.110. The lowest BCUT2D eigenvalue weighted by atomic mass is 9.96. The predicted molar refractivity (Wildman–Crippen MR) is 85.3 cm³/mol. The van der Waals surface area contributed by atoms with Gasteiger partial charge in [-0.05, 0) is 30.5 Å². The van der Waals surface area contributed by atoms with E-state index in [0.29, 0.717) is 13.0 Å². The Balaban J connectivity index is 1.51. The van der Waals surface area contributed by atoms with Crippen LogP contribution in [0, 0.1) is 0 Å². The van der Waals surface area contributed by atoms with Crippen LogP contribution in [0.4, 0.5) is 0 Å². The molecule has 1 heterocycles. The lowest BCUT2D eigenvalue weighted by molar-refractivity contribution is -0.122. The molecule has 1 saturated carbocycles. The first-order chi connectivity index (χ1) is 10.2. The first kappa shape index (κ1) is 15.0. The van der Waals surface area contributed by atoms with Crippen molar-refractivity contribution in [3.05, 3.63) is 34.3 Å². The van der Waals surface area contributed by atoms with Crippen LogP contribution in [0.5, 0.6) is 0 Å².